The third-order valence-electron chi connectivity index (χ3n) is 2.98. The number of rotatable bonds is 4. The van der Waals surface area contributed by atoms with Gasteiger partial charge in [-0.05, 0) is 29.5 Å². The molecule has 0 bridgehead atoms. The number of benzene rings is 2. The second kappa shape index (κ2) is 12.4. The predicted molar refractivity (Wildman–Crippen MR) is 95.0 cm³/mol. The number of hydrogen-bond donors (Lipinski definition) is 1. The van der Waals surface area contributed by atoms with Crippen molar-refractivity contribution >= 4 is 11.6 Å². The summed E-state index contributed by atoms with van der Waals surface area (Å²) in [4.78, 5) is 0. The van der Waals surface area contributed by atoms with Gasteiger partial charge in [-0.3, -0.25) is 0 Å². The van der Waals surface area contributed by atoms with Crippen LogP contribution >= 0.6 is 11.6 Å². The van der Waals surface area contributed by atoms with Gasteiger partial charge in [0.2, 0.25) is 0 Å². The van der Waals surface area contributed by atoms with Crippen LogP contribution in [0.1, 0.15) is 32.8 Å². The van der Waals surface area contributed by atoms with E-state index >= 15 is 0 Å². The Morgan fingerprint density at radius 2 is 1.48 bits per heavy atom. The summed E-state index contributed by atoms with van der Waals surface area (Å²) in [7, 11) is 0. The summed E-state index contributed by atoms with van der Waals surface area (Å²) < 4.78 is 0. The van der Waals surface area contributed by atoms with Crippen molar-refractivity contribution in [2.45, 2.75) is 39.7 Å². The molecule has 0 amide bonds. The average Bonchev–Trinajstić information content (AvgIpc) is 2.59. The Morgan fingerprint density at radius 3 is 2.05 bits per heavy atom. The Labute approximate surface area is 134 Å². The van der Waals surface area contributed by atoms with Crippen LogP contribution in [-0.4, -0.2) is 17.6 Å². The molecule has 21 heavy (non-hydrogen) atoms. The van der Waals surface area contributed by atoms with Gasteiger partial charge in [-0.1, -0.05) is 75.4 Å². The number of alkyl halides is 1. The van der Waals surface area contributed by atoms with Crippen LogP contribution in [0, 0.1) is 0 Å². The molecular formula is C19H27ClO. The molecule has 0 saturated carbocycles. The highest BCUT2D eigenvalue weighted by molar-refractivity contribution is 6.15. The van der Waals surface area contributed by atoms with E-state index in [1.54, 1.807) is 0 Å². The summed E-state index contributed by atoms with van der Waals surface area (Å²) >= 11 is 4.64. The first-order chi connectivity index (χ1) is 10.3. The van der Waals surface area contributed by atoms with E-state index < -0.39 is 0 Å². The number of hydrogen-bond acceptors (Lipinski definition) is 1. The molecular weight excluding hydrogens is 280 g/mol. The van der Waals surface area contributed by atoms with E-state index in [4.69, 9.17) is 0 Å². The van der Waals surface area contributed by atoms with Gasteiger partial charge < -0.3 is 5.11 Å². The lowest BCUT2D eigenvalue weighted by molar-refractivity contribution is 0.171. The van der Waals surface area contributed by atoms with Crippen LogP contribution in [-0.2, 0) is 6.42 Å². The van der Waals surface area contributed by atoms with E-state index in [-0.39, 0.29) is 6.10 Å². The van der Waals surface area contributed by atoms with Gasteiger partial charge in [0.15, 0.2) is 0 Å². The standard InChI is InChI=1S/C16H18O.C2H6.CH3Cl/c1-2-16(17)12-13-7-6-10-15(11-13)14-8-4-3-5-9-14;2*1-2/h3-11,16-17H,2,12H2,1H3;1-2H3;1H3. The third kappa shape index (κ3) is 7.31. The molecule has 2 heteroatoms. The molecule has 1 unspecified atom stereocenters. The Morgan fingerprint density at radius 1 is 0.905 bits per heavy atom. The highest BCUT2D eigenvalue weighted by Crippen LogP contribution is 2.20. The molecule has 116 valence electrons. The molecule has 0 aromatic heterocycles. The van der Waals surface area contributed by atoms with E-state index in [0.29, 0.717) is 0 Å². The fourth-order valence-electron chi connectivity index (χ4n) is 1.92. The molecule has 2 rings (SSSR count). The quantitative estimate of drug-likeness (QED) is 0.734. The molecule has 0 spiro atoms. The minimum atomic E-state index is -0.235. The van der Waals surface area contributed by atoms with Crippen LogP contribution in [0.2, 0.25) is 0 Å². The fourth-order valence-corrected chi connectivity index (χ4v) is 1.92. The highest BCUT2D eigenvalue weighted by atomic mass is 35.5. The van der Waals surface area contributed by atoms with Crippen molar-refractivity contribution in [2.24, 2.45) is 0 Å². The van der Waals surface area contributed by atoms with Crippen LogP contribution in [0.3, 0.4) is 0 Å². The molecule has 0 aliphatic heterocycles. The van der Waals surface area contributed by atoms with Crippen molar-refractivity contribution in [3.8, 4) is 11.1 Å². The minimum Gasteiger partial charge on any atom is -0.393 e. The maximum atomic E-state index is 9.67. The maximum Gasteiger partial charge on any atom is 0.0577 e. The molecule has 2 aromatic rings. The first kappa shape index (κ1) is 19.7. The molecule has 1 nitrogen and oxygen atoms in total. The van der Waals surface area contributed by atoms with Crippen molar-refractivity contribution in [3.05, 3.63) is 60.2 Å². The van der Waals surface area contributed by atoms with Gasteiger partial charge in [0.25, 0.3) is 0 Å². The topological polar surface area (TPSA) is 20.2 Å². The Bertz CT molecular complexity index is 468. The summed E-state index contributed by atoms with van der Waals surface area (Å²) in [6, 6.07) is 18.7. The lowest BCUT2D eigenvalue weighted by Gasteiger charge is -2.09. The van der Waals surface area contributed by atoms with Gasteiger partial charge in [0.1, 0.15) is 0 Å². The predicted octanol–water partition coefficient (Wildman–Crippen LogP) is 5.55. The summed E-state index contributed by atoms with van der Waals surface area (Å²) in [5, 5.41) is 9.67. The summed E-state index contributed by atoms with van der Waals surface area (Å²) in [6.07, 6.45) is 2.77. The monoisotopic (exact) mass is 306 g/mol. The van der Waals surface area contributed by atoms with Crippen LogP contribution in [0.15, 0.2) is 54.6 Å². The van der Waals surface area contributed by atoms with Crippen molar-refractivity contribution in [3.63, 3.8) is 0 Å². The molecule has 0 radical (unpaired) electrons. The van der Waals surface area contributed by atoms with Gasteiger partial charge >= 0.3 is 0 Å². The molecule has 0 aliphatic rings. The second-order valence-electron chi connectivity index (χ2n) is 4.33. The average molecular weight is 307 g/mol. The lowest BCUT2D eigenvalue weighted by Crippen LogP contribution is -2.08. The SMILES string of the molecule is CC.CCC(O)Cc1cccc(-c2ccccc2)c1.CCl. The van der Waals surface area contributed by atoms with Gasteiger partial charge in [-0.2, -0.15) is 0 Å². The van der Waals surface area contributed by atoms with Gasteiger partial charge in [-0.25, -0.2) is 0 Å². The normalized spacial score (nSPS) is 10.6. The zero-order valence-corrected chi connectivity index (χ0v) is 14.3. The van der Waals surface area contributed by atoms with E-state index in [1.807, 2.05) is 39.0 Å². The van der Waals surface area contributed by atoms with E-state index in [0.717, 1.165) is 12.8 Å². The molecule has 0 heterocycles. The maximum absolute atomic E-state index is 9.67. The molecule has 0 saturated heterocycles. The molecule has 0 fully saturated rings. The molecule has 1 N–H and O–H groups in total. The van der Waals surface area contributed by atoms with Crippen molar-refractivity contribution < 1.29 is 5.11 Å². The summed E-state index contributed by atoms with van der Waals surface area (Å²) in [6.45, 7) is 6.01. The number of aliphatic hydroxyl groups excluding tert-OH is 1. The lowest BCUT2D eigenvalue weighted by atomic mass is 10.00. The molecule has 2 aromatic carbocycles. The molecule has 0 aliphatic carbocycles. The van der Waals surface area contributed by atoms with Crippen LogP contribution in [0.4, 0.5) is 0 Å². The smallest absolute Gasteiger partial charge is 0.0577 e. The zero-order chi connectivity index (χ0) is 16.1. The van der Waals surface area contributed by atoms with Crippen molar-refractivity contribution in [1.29, 1.82) is 0 Å². The Hall–Kier alpha value is -1.31. The highest BCUT2D eigenvalue weighted by Gasteiger charge is 2.04. The number of halogens is 1. The second-order valence-corrected chi connectivity index (χ2v) is 4.33. The van der Waals surface area contributed by atoms with Crippen LogP contribution in [0.25, 0.3) is 11.1 Å². The first-order valence-electron chi connectivity index (χ1n) is 7.50. The van der Waals surface area contributed by atoms with Crippen LogP contribution < -0.4 is 0 Å². The largest absolute Gasteiger partial charge is 0.393 e. The third-order valence-corrected chi connectivity index (χ3v) is 2.98. The van der Waals surface area contributed by atoms with Crippen molar-refractivity contribution in [1.82, 2.24) is 0 Å². The van der Waals surface area contributed by atoms with Crippen molar-refractivity contribution in [2.75, 3.05) is 6.38 Å². The summed E-state index contributed by atoms with van der Waals surface area (Å²) in [5.41, 5.74) is 3.63. The Kier molecular flexibility index (Phi) is 11.7. The zero-order valence-electron chi connectivity index (χ0n) is 13.5. The molecule has 1 atom stereocenters. The van der Waals surface area contributed by atoms with Crippen LogP contribution in [0.5, 0.6) is 0 Å². The van der Waals surface area contributed by atoms with Gasteiger partial charge in [-0.15, -0.1) is 11.6 Å². The Balaban J connectivity index is 0.000000921. The van der Waals surface area contributed by atoms with E-state index in [2.05, 4.69) is 48.0 Å². The minimum absolute atomic E-state index is 0.235. The first-order valence-corrected chi connectivity index (χ1v) is 8.25. The van der Waals surface area contributed by atoms with Gasteiger partial charge in [0, 0.05) is 6.38 Å². The number of aliphatic hydroxyl groups is 1. The van der Waals surface area contributed by atoms with E-state index in [1.165, 1.54) is 23.1 Å². The fraction of sp³-hybridized carbons (Fsp3) is 0.368. The van der Waals surface area contributed by atoms with E-state index in [9.17, 15) is 5.11 Å². The van der Waals surface area contributed by atoms with Gasteiger partial charge in [0.05, 0.1) is 6.10 Å². The summed E-state index contributed by atoms with van der Waals surface area (Å²) in [5.74, 6) is 0.